The number of amides is 1. The molecule has 0 unspecified atom stereocenters. The molecule has 20 heteroatoms. The van der Waals surface area contributed by atoms with Gasteiger partial charge in [-0.15, -0.1) is 10.2 Å². The second kappa shape index (κ2) is 13.2. The second-order valence-electron chi connectivity index (χ2n) is 10.3. The highest BCUT2D eigenvalue weighted by atomic mass is 35.5. The van der Waals surface area contributed by atoms with Gasteiger partial charge in [0.05, 0.1) is 36.4 Å². The molecule has 0 bridgehead atoms. The lowest BCUT2D eigenvalue weighted by Gasteiger charge is -2.26. The molecule has 1 fully saturated rings. The normalized spacial score (nSPS) is 15.4. The SMILES string of the molecule is CCOC(=O)c1ccncc1-n1nc(Cn2nc(-c3ccc(Cl)cc3)n(C[C@H](O)C(F)(F)F)c2=O)nc1C(=O)N1CCS(=O)(=O)CC1. The van der Waals surface area contributed by atoms with Gasteiger partial charge in [0.2, 0.25) is 5.82 Å². The first-order valence-electron chi connectivity index (χ1n) is 13.9. The van der Waals surface area contributed by atoms with Gasteiger partial charge in [0.1, 0.15) is 12.2 Å². The maximum Gasteiger partial charge on any atom is 0.416 e. The summed E-state index contributed by atoms with van der Waals surface area (Å²) >= 11 is 5.94. The Morgan fingerprint density at radius 1 is 1.11 bits per heavy atom. The van der Waals surface area contributed by atoms with E-state index < -0.39 is 52.8 Å². The number of nitrogens with zero attached hydrogens (tertiary/aromatic N) is 8. The van der Waals surface area contributed by atoms with Crippen molar-refractivity contribution in [3.05, 3.63) is 75.4 Å². The number of benzene rings is 1. The molecule has 15 nitrogen and oxygen atoms in total. The van der Waals surface area contributed by atoms with Crippen LogP contribution >= 0.6 is 11.6 Å². The Labute approximate surface area is 269 Å². The number of pyridine rings is 1. The number of aliphatic hydroxyl groups is 1. The molecule has 4 heterocycles. The number of carbonyl (C=O) groups is 2. The summed E-state index contributed by atoms with van der Waals surface area (Å²) in [5.41, 5.74) is -0.910. The van der Waals surface area contributed by atoms with E-state index in [0.717, 1.165) is 9.36 Å². The minimum atomic E-state index is -5.04. The van der Waals surface area contributed by atoms with Crippen molar-refractivity contribution < 1.29 is 41.0 Å². The third kappa shape index (κ3) is 7.36. The highest BCUT2D eigenvalue weighted by Crippen LogP contribution is 2.24. The van der Waals surface area contributed by atoms with Crippen molar-refractivity contribution in [1.82, 2.24) is 39.0 Å². The van der Waals surface area contributed by atoms with E-state index in [1.807, 2.05) is 0 Å². The molecule has 4 aromatic rings. The fraction of sp³-hybridized carbons (Fsp3) is 0.370. The maximum atomic E-state index is 13.7. The van der Waals surface area contributed by atoms with Gasteiger partial charge in [0.25, 0.3) is 5.91 Å². The number of carbonyl (C=O) groups excluding carboxylic acids is 2. The predicted molar refractivity (Wildman–Crippen MR) is 158 cm³/mol. The quantitative estimate of drug-likeness (QED) is 0.249. The van der Waals surface area contributed by atoms with Crippen molar-refractivity contribution in [2.24, 2.45) is 0 Å². The molecule has 0 aliphatic carbocycles. The van der Waals surface area contributed by atoms with E-state index in [0.29, 0.717) is 9.59 Å². The summed E-state index contributed by atoms with van der Waals surface area (Å²) in [7, 11) is -3.36. The smallest absolute Gasteiger partial charge is 0.416 e. The van der Waals surface area contributed by atoms with Crippen LogP contribution in [0, 0.1) is 0 Å². The fourth-order valence-electron chi connectivity index (χ4n) is 4.65. The molecule has 1 atom stereocenters. The Balaban J connectivity index is 1.60. The van der Waals surface area contributed by atoms with Crippen LogP contribution in [0.4, 0.5) is 13.2 Å². The maximum absolute atomic E-state index is 13.7. The lowest BCUT2D eigenvalue weighted by molar-refractivity contribution is -0.207. The number of sulfone groups is 1. The van der Waals surface area contributed by atoms with Crippen LogP contribution in [0.5, 0.6) is 0 Å². The monoisotopic (exact) mass is 698 g/mol. The summed E-state index contributed by atoms with van der Waals surface area (Å²) in [6, 6.07) is 7.05. The van der Waals surface area contributed by atoms with Crippen LogP contribution in [0.25, 0.3) is 17.1 Å². The first-order chi connectivity index (χ1) is 22.2. The van der Waals surface area contributed by atoms with E-state index in [1.54, 1.807) is 6.92 Å². The molecule has 1 aromatic carbocycles. The molecule has 0 saturated carbocycles. The Bertz CT molecular complexity index is 1960. The minimum Gasteiger partial charge on any atom is -0.462 e. The predicted octanol–water partition coefficient (Wildman–Crippen LogP) is 1.36. The molecular weight excluding hydrogens is 673 g/mol. The first-order valence-corrected chi connectivity index (χ1v) is 16.1. The van der Waals surface area contributed by atoms with E-state index in [-0.39, 0.29) is 65.5 Å². The summed E-state index contributed by atoms with van der Waals surface area (Å²) in [4.78, 5) is 49.4. The Morgan fingerprint density at radius 3 is 2.43 bits per heavy atom. The van der Waals surface area contributed by atoms with Crippen molar-refractivity contribution in [3.63, 3.8) is 0 Å². The number of ether oxygens (including phenoxy) is 1. The number of hydrogen-bond acceptors (Lipinski definition) is 11. The largest absolute Gasteiger partial charge is 0.462 e. The van der Waals surface area contributed by atoms with Crippen LogP contribution in [-0.4, -0.2) is 108 Å². The van der Waals surface area contributed by atoms with Crippen molar-refractivity contribution in [3.8, 4) is 17.1 Å². The number of aliphatic hydroxyl groups excluding tert-OH is 1. The van der Waals surface area contributed by atoms with Crippen molar-refractivity contribution in [1.29, 1.82) is 0 Å². The molecule has 5 rings (SSSR count). The zero-order valence-electron chi connectivity index (χ0n) is 24.5. The number of esters is 1. The number of rotatable bonds is 9. The molecule has 1 N–H and O–H groups in total. The van der Waals surface area contributed by atoms with Gasteiger partial charge in [0, 0.05) is 29.9 Å². The first kappa shape index (κ1) is 33.7. The van der Waals surface area contributed by atoms with E-state index in [9.17, 15) is 41.1 Å². The van der Waals surface area contributed by atoms with Crippen LogP contribution in [0.1, 0.15) is 33.7 Å². The average molecular weight is 699 g/mol. The summed E-state index contributed by atoms with van der Waals surface area (Å²) < 4.78 is 71.3. The number of alkyl halides is 3. The third-order valence-corrected chi connectivity index (χ3v) is 8.91. The number of hydrogen-bond donors (Lipinski definition) is 1. The molecule has 1 aliphatic rings. The van der Waals surface area contributed by atoms with Gasteiger partial charge in [-0.2, -0.15) is 13.2 Å². The van der Waals surface area contributed by atoms with E-state index in [4.69, 9.17) is 16.3 Å². The van der Waals surface area contributed by atoms with E-state index in [1.165, 1.54) is 47.6 Å². The van der Waals surface area contributed by atoms with Crippen LogP contribution in [-0.2, 0) is 27.7 Å². The second-order valence-corrected chi connectivity index (χ2v) is 13.0. The van der Waals surface area contributed by atoms with Gasteiger partial charge in [0.15, 0.2) is 27.6 Å². The van der Waals surface area contributed by atoms with Crippen molar-refractivity contribution >= 4 is 33.3 Å². The summed E-state index contributed by atoms with van der Waals surface area (Å²) in [5.74, 6) is -2.90. The topological polar surface area (TPSA) is 184 Å². The molecule has 1 saturated heterocycles. The molecular formula is C27H26ClF3N8O7S. The van der Waals surface area contributed by atoms with Crippen LogP contribution in [0.15, 0.2) is 47.5 Å². The third-order valence-electron chi connectivity index (χ3n) is 7.05. The van der Waals surface area contributed by atoms with Crippen LogP contribution < -0.4 is 5.69 Å². The minimum absolute atomic E-state index is 0.0225. The zero-order chi connectivity index (χ0) is 34.1. The van der Waals surface area contributed by atoms with Crippen LogP contribution in [0.3, 0.4) is 0 Å². The molecule has 3 aromatic heterocycles. The molecule has 1 aliphatic heterocycles. The van der Waals surface area contributed by atoms with Gasteiger partial charge in [-0.1, -0.05) is 11.6 Å². The van der Waals surface area contributed by atoms with Gasteiger partial charge in [-0.05, 0) is 37.3 Å². The zero-order valence-corrected chi connectivity index (χ0v) is 26.0. The average Bonchev–Trinajstić information content (AvgIpc) is 3.58. The summed E-state index contributed by atoms with van der Waals surface area (Å²) in [6.07, 6.45) is -5.40. The molecule has 250 valence electrons. The molecule has 0 radical (unpaired) electrons. The Morgan fingerprint density at radius 2 is 1.79 bits per heavy atom. The summed E-state index contributed by atoms with van der Waals surface area (Å²) in [6.45, 7) is -0.405. The highest BCUT2D eigenvalue weighted by Gasteiger charge is 2.39. The molecule has 47 heavy (non-hydrogen) atoms. The van der Waals surface area contributed by atoms with E-state index in [2.05, 4.69) is 20.2 Å². The van der Waals surface area contributed by atoms with Gasteiger partial charge < -0.3 is 14.7 Å². The van der Waals surface area contributed by atoms with Crippen molar-refractivity contribution in [2.75, 3.05) is 31.2 Å². The molecule has 0 spiro atoms. The Kier molecular flexibility index (Phi) is 9.51. The Hall–Kier alpha value is -4.62. The standard InChI is InChI=1S/C27H26ClF3N8O7S/c1-2-46-25(42)18-7-8-32-13-19(18)39-23(24(41)36-9-11-47(44,45)12-10-36)33-21(34-39)15-38-26(43)37(14-20(40)27(29,30)31)22(35-38)16-3-5-17(28)6-4-16/h3-8,13,20,40H,2,9-12,14-15H2,1H3/t20-/m0/s1. The fourth-order valence-corrected chi connectivity index (χ4v) is 5.98. The van der Waals surface area contributed by atoms with Crippen molar-refractivity contribution in [2.45, 2.75) is 32.3 Å². The summed E-state index contributed by atoms with van der Waals surface area (Å²) in [5, 5.41) is 18.6. The van der Waals surface area contributed by atoms with Gasteiger partial charge >= 0.3 is 17.8 Å². The lowest BCUT2D eigenvalue weighted by Crippen LogP contribution is -2.44. The van der Waals surface area contributed by atoms with Crippen LogP contribution in [0.2, 0.25) is 5.02 Å². The van der Waals surface area contributed by atoms with E-state index >= 15 is 0 Å². The van der Waals surface area contributed by atoms with Gasteiger partial charge in [-0.3, -0.25) is 14.3 Å². The lowest BCUT2D eigenvalue weighted by atomic mass is 10.2. The number of halogens is 4. The molecule has 1 amide bonds. The number of aromatic nitrogens is 7. The highest BCUT2D eigenvalue weighted by molar-refractivity contribution is 7.91. The van der Waals surface area contributed by atoms with Gasteiger partial charge in [-0.25, -0.2) is 32.4 Å².